The van der Waals surface area contributed by atoms with Gasteiger partial charge in [0.2, 0.25) is 5.91 Å². The number of ketones is 1. The number of hydrogen-bond acceptors (Lipinski definition) is 6. The number of benzene rings is 1. The highest BCUT2D eigenvalue weighted by molar-refractivity contribution is 5.94. The van der Waals surface area contributed by atoms with Gasteiger partial charge in [-0.05, 0) is 44.2 Å². The Kier molecular flexibility index (Phi) is 7.20. The van der Waals surface area contributed by atoms with Crippen LogP contribution in [0.3, 0.4) is 0 Å². The zero-order valence-corrected chi connectivity index (χ0v) is 17.6. The van der Waals surface area contributed by atoms with Gasteiger partial charge in [-0.25, -0.2) is 15.0 Å². The summed E-state index contributed by atoms with van der Waals surface area (Å²) in [6.07, 6.45) is 3.51. The summed E-state index contributed by atoms with van der Waals surface area (Å²) in [5.74, 6) is 6.43. The van der Waals surface area contributed by atoms with Crippen LogP contribution in [0.15, 0.2) is 54.9 Å². The fraction of sp³-hybridized carbons (Fsp3) is 0.208. The third kappa shape index (κ3) is 5.59. The van der Waals surface area contributed by atoms with E-state index in [1.165, 1.54) is 0 Å². The lowest BCUT2D eigenvalue weighted by Crippen LogP contribution is -2.35. The monoisotopic (exact) mass is 413 g/mol. The van der Waals surface area contributed by atoms with Crippen molar-refractivity contribution in [1.29, 1.82) is 0 Å². The maximum atomic E-state index is 12.2. The summed E-state index contributed by atoms with van der Waals surface area (Å²) in [5.41, 5.74) is 2.70. The molecule has 7 nitrogen and oxygen atoms in total. The average molecular weight is 413 g/mol. The minimum atomic E-state index is -0.364. The zero-order chi connectivity index (χ0) is 22.2. The quantitative estimate of drug-likeness (QED) is 0.476. The van der Waals surface area contributed by atoms with E-state index in [0.717, 1.165) is 5.56 Å². The Hall–Kier alpha value is -3.89. The van der Waals surface area contributed by atoms with E-state index >= 15 is 0 Å². The third-order valence-electron chi connectivity index (χ3n) is 4.61. The first-order chi connectivity index (χ1) is 15.0. The summed E-state index contributed by atoms with van der Waals surface area (Å²) in [5, 5.41) is 5.68. The summed E-state index contributed by atoms with van der Waals surface area (Å²) in [6, 6.07) is 12.7. The number of rotatable bonds is 6. The number of nitrogens with one attached hydrogen (secondary N) is 2. The van der Waals surface area contributed by atoms with Crippen LogP contribution in [0.2, 0.25) is 0 Å². The van der Waals surface area contributed by atoms with Gasteiger partial charge in [-0.15, -0.1) is 0 Å². The second-order valence-electron chi connectivity index (χ2n) is 6.78. The zero-order valence-electron chi connectivity index (χ0n) is 17.6. The summed E-state index contributed by atoms with van der Waals surface area (Å²) < 4.78 is 0. The molecular formula is C24H23N5O2. The molecular weight excluding hydrogens is 390 g/mol. The van der Waals surface area contributed by atoms with Crippen molar-refractivity contribution in [2.45, 2.75) is 26.3 Å². The van der Waals surface area contributed by atoms with Crippen molar-refractivity contribution in [3.8, 4) is 23.0 Å². The molecule has 0 radical (unpaired) electrons. The van der Waals surface area contributed by atoms with Crippen molar-refractivity contribution in [3.63, 3.8) is 0 Å². The molecule has 0 aliphatic rings. The van der Waals surface area contributed by atoms with E-state index in [-0.39, 0.29) is 23.6 Å². The first kappa shape index (κ1) is 21.8. The highest BCUT2D eigenvalue weighted by Crippen LogP contribution is 2.23. The van der Waals surface area contributed by atoms with E-state index < -0.39 is 0 Å². The molecule has 0 aliphatic heterocycles. The van der Waals surface area contributed by atoms with Crippen molar-refractivity contribution < 1.29 is 9.59 Å². The minimum absolute atomic E-state index is 0.120. The molecule has 0 aliphatic carbocycles. The lowest BCUT2D eigenvalue weighted by molar-refractivity contribution is -0.117. The molecule has 7 heteroatoms. The number of Topliss-reactive ketones (excluding diaryl/α,β-unsaturated/α-hetero) is 1. The van der Waals surface area contributed by atoms with Crippen LogP contribution in [0.4, 0.5) is 5.82 Å². The molecule has 2 heterocycles. The Bertz CT molecular complexity index is 1130. The van der Waals surface area contributed by atoms with Crippen molar-refractivity contribution >= 4 is 17.5 Å². The average Bonchev–Trinajstić information content (AvgIpc) is 2.82. The Labute approximate surface area is 181 Å². The van der Waals surface area contributed by atoms with Gasteiger partial charge in [0.05, 0.1) is 6.04 Å². The first-order valence-electron chi connectivity index (χ1n) is 9.93. The predicted molar refractivity (Wildman–Crippen MR) is 119 cm³/mol. The molecule has 1 amide bonds. The highest BCUT2D eigenvalue weighted by Gasteiger charge is 2.14. The topological polar surface area (TPSA) is 96.9 Å². The molecule has 0 bridgehead atoms. The normalized spacial score (nSPS) is 11.2. The Morgan fingerprint density at radius 3 is 2.39 bits per heavy atom. The molecule has 2 N–H and O–H groups in total. The molecule has 0 saturated heterocycles. The highest BCUT2D eigenvalue weighted by atomic mass is 16.2. The summed E-state index contributed by atoms with van der Waals surface area (Å²) >= 11 is 0. The van der Waals surface area contributed by atoms with Gasteiger partial charge < -0.3 is 10.6 Å². The smallest absolute Gasteiger partial charge is 0.242 e. The van der Waals surface area contributed by atoms with E-state index in [1.54, 1.807) is 39.4 Å². The Balaban J connectivity index is 2.00. The van der Waals surface area contributed by atoms with Crippen LogP contribution in [0.1, 0.15) is 42.1 Å². The molecule has 31 heavy (non-hydrogen) atoms. The number of hydrogen-bond donors (Lipinski definition) is 2. The van der Waals surface area contributed by atoms with Gasteiger partial charge in [-0.2, -0.15) is 0 Å². The van der Waals surface area contributed by atoms with Gasteiger partial charge in [-0.1, -0.05) is 31.0 Å². The summed E-state index contributed by atoms with van der Waals surface area (Å²) in [4.78, 5) is 36.9. The lowest BCUT2D eigenvalue weighted by atomic mass is 10.1. The van der Waals surface area contributed by atoms with Gasteiger partial charge >= 0.3 is 0 Å². The maximum absolute atomic E-state index is 12.2. The number of likely N-dealkylation sites (N-methyl/N-ethyl adjacent to an activating group) is 1. The van der Waals surface area contributed by atoms with Crippen LogP contribution in [-0.4, -0.2) is 39.7 Å². The Morgan fingerprint density at radius 1 is 1.03 bits per heavy atom. The number of pyridine rings is 1. The fourth-order valence-corrected chi connectivity index (χ4v) is 2.64. The molecule has 2 aromatic heterocycles. The molecule has 1 atom stereocenters. The van der Waals surface area contributed by atoms with Crippen molar-refractivity contribution in [1.82, 2.24) is 20.3 Å². The number of carbonyl (C=O) groups excluding carboxylic acids is 2. The van der Waals surface area contributed by atoms with E-state index in [0.29, 0.717) is 29.1 Å². The van der Waals surface area contributed by atoms with Crippen LogP contribution in [-0.2, 0) is 4.79 Å². The number of carbonyl (C=O) groups is 2. The van der Waals surface area contributed by atoms with Crippen LogP contribution in [0.25, 0.3) is 11.1 Å². The van der Waals surface area contributed by atoms with E-state index in [2.05, 4.69) is 37.4 Å². The van der Waals surface area contributed by atoms with Crippen LogP contribution >= 0.6 is 0 Å². The van der Waals surface area contributed by atoms with Crippen LogP contribution in [0.5, 0.6) is 0 Å². The fourth-order valence-electron chi connectivity index (χ4n) is 2.64. The molecule has 3 aromatic rings. The molecule has 3 rings (SSSR count). The van der Waals surface area contributed by atoms with Crippen molar-refractivity contribution in [3.05, 3.63) is 71.9 Å². The first-order valence-corrected chi connectivity index (χ1v) is 9.93. The molecule has 0 fully saturated rings. The van der Waals surface area contributed by atoms with Crippen LogP contribution < -0.4 is 10.6 Å². The summed E-state index contributed by atoms with van der Waals surface area (Å²) in [6.45, 7) is 3.53. The SMILES string of the molecule is CCC(=O)c1ncc(-c2ccc(NC(=O)C(C)NC)nc2C#Cc2ccccc2)cn1. The van der Waals surface area contributed by atoms with Gasteiger partial charge in [0, 0.05) is 35.5 Å². The largest absolute Gasteiger partial charge is 0.309 e. The van der Waals surface area contributed by atoms with Gasteiger partial charge in [0.25, 0.3) is 0 Å². The predicted octanol–water partition coefficient (Wildman–Crippen LogP) is 3.08. The molecule has 0 spiro atoms. The molecule has 0 saturated carbocycles. The molecule has 1 unspecified atom stereocenters. The van der Waals surface area contributed by atoms with Crippen LogP contribution in [0, 0.1) is 11.8 Å². The molecule has 1 aromatic carbocycles. The van der Waals surface area contributed by atoms with Gasteiger partial charge in [0.15, 0.2) is 11.6 Å². The molecule has 156 valence electrons. The summed E-state index contributed by atoms with van der Waals surface area (Å²) in [7, 11) is 1.71. The third-order valence-corrected chi connectivity index (χ3v) is 4.61. The van der Waals surface area contributed by atoms with E-state index in [1.807, 2.05) is 36.4 Å². The van der Waals surface area contributed by atoms with Crippen molar-refractivity contribution in [2.24, 2.45) is 0 Å². The van der Waals surface area contributed by atoms with E-state index in [9.17, 15) is 9.59 Å². The number of nitrogens with zero attached hydrogens (tertiary/aromatic N) is 3. The number of anilines is 1. The number of amides is 1. The van der Waals surface area contributed by atoms with E-state index in [4.69, 9.17) is 0 Å². The van der Waals surface area contributed by atoms with Crippen molar-refractivity contribution in [2.75, 3.05) is 12.4 Å². The van der Waals surface area contributed by atoms with Gasteiger partial charge in [0.1, 0.15) is 11.5 Å². The standard InChI is InChI=1S/C24H23N5O2/c1-4-21(30)23-26-14-18(15-27-23)19-11-13-22(29-24(31)16(2)25-3)28-20(19)12-10-17-8-6-5-7-9-17/h5-9,11,13-16,25H,4H2,1-3H3,(H,28,29,31). The minimum Gasteiger partial charge on any atom is -0.309 e. The second-order valence-corrected chi connectivity index (χ2v) is 6.78. The Morgan fingerprint density at radius 2 is 1.74 bits per heavy atom. The van der Waals surface area contributed by atoms with Gasteiger partial charge in [-0.3, -0.25) is 9.59 Å². The second kappa shape index (κ2) is 10.2. The number of aromatic nitrogens is 3. The lowest BCUT2D eigenvalue weighted by Gasteiger charge is -2.12. The maximum Gasteiger partial charge on any atom is 0.242 e.